The zero-order chi connectivity index (χ0) is 24.2. The van der Waals surface area contributed by atoms with E-state index in [1.807, 2.05) is 24.3 Å². The molecule has 0 saturated carbocycles. The molecule has 2 rings (SSSR count). The van der Waals surface area contributed by atoms with Crippen molar-refractivity contribution in [3.8, 4) is 23.0 Å². The summed E-state index contributed by atoms with van der Waals surface area (Å²) in [5.74, 6) is 0.462. The van der Waals surface area contributed by atoms with Crippen LogP contribution in [0.15, 0.2) is 36.4 Å². The maximum atomic E-state index is 12.8. The van der Waals surface area contributed by atoms with Crippen LogP contribution in [-0.2, 0) is 11.3 Å². The Hall–Kier alpha value is -3.46. The molecule has 0 aliphatic heterocycles. The van der Waals surface area contributed by atoms with E-state index in [-0.39, 0.29) is 36.3 Å². The second kappa shape index (κ2) is 13.2. The van der Waals surface area contributed by atoms with Crippen LogP contribution < -0.4 is 30.0 Å². The number of hydrogen-bond donors (Lipinski definition) is 2. The quantitative estimate of drug-likeness (QED) is 0.445. The highest BCUT2D eigenvalue weighted by Gasteiger charge is 2.18. The Morgan fingerprint density at radius 1 is 0.970 bits per heavy atom. The van der Waals surface area contributed by atoms with E-state index in [2.05, 4.69) is 24.1 Å². The normalized spacial score (nSPS) is 10.6. The van der Waals surface area contributed by atoms with E-state index in [9.17, 15) is 9.59 Å². The molecule has 0 atom stereocenters. The van der Waals surface area contributed by atoms with Gasteiger partial charge in [-0.05, 0) is 31.3 Å². The van der Waals surface area contributed by atoms with Gasteiger partial charge in [0.25, 0.3) is 11.8 Å². The Balaban J connectivity index is 2.09. The number of para-hydroxylation sites is 1. The molecule has 0 unspecified atom stereocenters. The standard InChI is InChI=1S/C24H33N3O6/c1-5-27(6-2)11-12-32-19-10-8-7-9-17(19)15-26-24(29)18-13-20(30-3)23(21(14-18)31-4)33-16-22(25)28/h7-10,13-14H,5-6,11-12,15-16H2,1-4H3,(H2,25,28)(H,26,29). The van der Waals surface area contributed by atoms with Crippen LogP contribution in [0.5, 0.6) is 23.0 Å². The number of carbonyl (C=O) groups is 2. The number of benzene rings is 2. The van der Waals surface area contributed by atoms with Gasteiger partial charge in [0.15, 0.2) is 18.1 Å². The van der Waals surface area contributed by atoms with Gasteiger partial charge in [-0.15, -0.1) is 0 Å². The van der Waals surface area contributed by atoms with Crippen LogP contribution in [0, 0.1) is 0 Å². The molecule has 0 aliphatic rings. The maximum absolute atomic E-state index is 12.8. The second-order valence-electron chi connectivity index (χ2n) is 7.13. The summed E-state index contributed by atoms with van der Waals surface area (Å²) in [5, 5.41) is 2.89. The summed E-state index contributed by atoms with van der Waals surface area (Å²) in [6.45, 7) is 7.51. The summed E-state index contributed by atoms with van der Waals surface area (Å²) >= 11 is 0. The van der Waals surface area contributed by atoms with Crippen LogP contribution in [0.2, 0.25) is 0 Å². The Kier molecular flexibility index (Phi) is 10.3. The third-order valence-electron chi connectivity index (χ3n) is 5.05. The predicted octanol–water partition coefficient (Wildman–Crippen LogP) is 2.22. The number of amides is 2. The van der Waals surface area contributed by atoms with Gasteiger partial charge in [0.05, 0.1) is 14.2 Å². The molecule has 3 N–H and O–H groups in total. The largest absolute Gasteiger partial charge is 0.493 e. The Morgan fingerprint density at radius 3 is 2.18 bits per heavy atom. The molecule has 33 heavy (non-hydrogen) atoms. The molecule has 9 nitrogen and oxygen atoms in total. The molecule has 0 heterocycles. The van der Waals surface area contributed by atoms with Crippen molar-refractivity contribution < 1.29 is 28.5 Å². The molecule has 2 aromatic rings. The topological polar surface area (TPSA) is 112 Å². The van der Waals surface area contributed by atoms with Crippen LogP contribution in [0.25, 0.3) is 0 Å². The van der Waals surface area contributed by atoms with Gasteiger partial charge in [-0.2, -0.15) is 0 Å². The van der Waals surface area contributed by atoms with Crippen LogP contribution in [0.1, 0.15) is 29.8 Å². The number of primary amides is 1. The van der Waals surface area contributed by atoms with Crippen molar-refractivity contribution in [3.05, 3.63) is 47.5 Å². The number of ether oxygens (including phenoxy) is 4. The lowest BCUT2D eigenvalue weighted by atomic mass is 10.1. The number of methoxy groups -OCH3 is 2. The van der Waals surface area contributed by atoms with Crippen LogP contribution >= 0.6 is 0 Å². The van der Waals surface area contributed by atoms with Crippen molar-refractivity contribution in [1.82, 2.24) is 10.2 Å². The molecule has 0 spiro atoms. The van der Waals surface area contributed by atoms with E-state index < -0.39 is 5.91 Å². The van der Waals surface area contributed by atoms with E-state index in [1.54, 1.807) is 0 Å². The summed E-state index contributed by atoms with van der Waals surface area (Å²) in [5.41, 5.74) is 6.33. The third kappa shape index (κ3) is 7.57. The number of carbonyl (C=O) groups excluding carboxylic acids is 2. The molecular formula is C24H33N3O6. The highest BCUT2D eigenvalue weighted by atomic mass is 16.5. The van der Waals surface area contributed by atoms with Crippen molar-refractivity contribution in [2.75, 3.05) is 47.1 Å². The molecule has 180 valence electrons. The van der Waals surface area contributed by atoms with Gasteiger partial charge in [0.2, 0.25) is 5.75 Å². The van der Waals surface area contributed by atoms with Crippen LogP contribution in [0.3, 0.4) is 0 Å². The molecule has 0 bridgehead atoms. The van der Waals surface area contributed by atoms with E-state index in [0.717, 1.165) is 30.9 Å². The average molecular weight is 460 g/mol. The van der Waals surface area contributed by atoms with Gasteiger partial charge in [0.1, 0.15) is 12.4 Å². The zero-order valence-electron chi connectivity index (χ0n) is 19.7. The van der Waals surface area contributed by atoms with E-state index in [4.69, 9.17) is 24.7 Å². The molecule has 2 amide bonds. The van der Waals surface area contributed by atoms with E-state index in [0.29, 0.717) is 12.2 Å². The Labute approximate surface area is 194 Å². The minimum Gasteiger partial charge on any atom is -0.493 e. The van der Waals surface area contributed by atoms with E-state index in [1.165, 1.54) is 26.4 Å². The summed E-state index contributed by atoms with van der Waals surface area (Å²) < 4.78 is 22.0. The molecule has 2 aromatic carbocycles. The number of likely N-dealkylation sites (N-methyl/N-ethyl adjacent to an activating group) is 1. The smallest absolute Gasteiger partial charge is 0.255 e. The highest BCUT2D eigenvalue weighted by molar-refractivity contribution is 5.95. The van der Waals surface area contributed by atoms with Gasteiger partial charge in [0, 0.05) is 24.2 Å². The van der Waals surface area contributed by atoms with Crippen LogP contribution in [-0.4, -0.2) is 63.8 Å². The summed E-state index contributed by atoms with van der Waals surface area (Å²) in [7, 11) is 2.86. The van der Waals surface area contributed by atoms with Crippen molar-refractivity contribution >= 4 is 11.8 Å². The lowest BCUT2D eigenvalue weighted by Crippen LogP contribution is -2.28. The first-order valence-corrected chi connectivity index (χ1v) is 10.8. The number of nitrogens with one attached hydrogen (secondary N) is 1. The molecular weight excluding hydrogens is 426 g/mol. The number of rotatable bonds is 14. The first-order chi connectivity index (χ1) is 15.9. The molecule has 0 radical (unpaired) electrons. The Morgan fingerprint density at radius 2 is 1.61 bits per heavy atom. The average Bonchev–Trinajstić information content (AvgIpc) is 2.83. The lowest BCUT2D eigenvalue weighted by Gasteiger charge is -2.19. The fourth-order valence-corrected chi connectivity index (χ4v) is 3.19. The highest BCUT2D eigenvalue weighted by Crippen LogP contribution is 2.38. The zero-order valence-corrected chi connectivity index (χ0v) is 19.7. The van der Waals surface area contributed by atoms with Crippen molar-refractivity contribution in [1.29, 1.82) is 0 Å². The Bertz CT molecular complexity index is 905. The van der Waals surface area contributed by atoms with Gasteiger partial charge < -0.3 is 34.9 Å². The van der Waals surface area contributed by atoms with E-state index >= 15 is 0 Å². The van der Waals surface area contributed by atoms with Crippen molar-refractivity contribution in [3.63, 3.8) is 0 Å². The number of nitrogens with two attached hydrogens (primary N) is 1. The van der Waals surface area contributed by atoms with Crippen molar-refractivity contribution in [2.24, 2.45) is 5.73 Å². The fourth-order valence-electron chi connectivity index (χ4n) is 3.19. The minimum atomic E-state index is -0.640. The predicted molar refractivity (Wildman–Crippen MR) is 125 cm³/mol. The maximum Gasteiger partial charge on any atom is 0.255 e. The third-order valence-corrected chi connectivity index (χ3v) is 5.05. The first kappa shape index (κ1) is 25.8. The SMILES string of the molecule is CCN(CC)CCOc1ccccc1CNC(=O)c1cc(OC)c(OCC(N)=O)c(OC)c1. The fraction of sp³-hybridized carbons (Fsp3) is 0.417. The summed E-state index contributed by atoms with van der Waals surface area (Å²) in [6.07, 6.45) is 0. The number of hydrogen-bond acceptors (Lipinski definition) is 7. The van der Waals surface area contributed by atoms with Gasteiger partial charge in [-0.1, -0.05) is 32.0 Å². The van der Waals surface area contributed by atoms with Gasteiger partial charge in [-0.25, -0.2) is 0 Å². The molecule has 0 aromatic heterocycles. The van der Waals surface area contributed by atoms with Gasteiger partial charge >= 0.3 is 0 Å². The lowest BCUT2D eigenvalue weighted by molar-refractivity contribution is -0.120. The summed E-state index contributed by atoms with van der Waals surface area (Å²) in [6, 6.07) is 10.6. The van der Waals surface area contributed by atoms with Crippen LogP contribution in [0.4, 0.5) is 0 Å². The number of nitrogens with zero attached hydrogens (tertiary/aromatic N) is 1. The van der Waals surface area contributed by atoms with Crippen molar-refractivity contribution in [2.45, 2.75) is 20.4 Å². The van der Waals surface area contributed by atoms with Gasteiger partial charge in [-0.3, -0.25) is 9.59 Å². The molecule has 0 fully saturated rings. The first-order valence-electron chi connectivity index (χ1n) is 10.8. The summed E-state index contributed by atoms with van der Waals surface area (Å²) in [4.78, 5) is 26.2. The molecule has 0 saturated heterocycles. The molecule has 9 heteroatoms. The molecule has 0 aliphatic carbocycles. The monoisotopic (exact) mass is 459 g/mol. The second-order valence-corrected chi connectivity index (χ2v) is 7.13. The minimum absolute atomic E-state index is 0.197.